The van der Waals surface area contributed by atoms with Crippen molar-refractivity contribution in [2.45, 2.75) is 13.3 Å². The number of carbonyl (C=O) groups excluding carboxylic acids is 1. The van der Waals surface area contributed by atoms with E-state index >= 15 is 0 Å². The van der Waals surface area contributed by atoms with Crippen molar-refractivity contribution < 1.29 is 4.79 Å². The number of carbonyl (C=O) groups is 1. The molecule has 1 aliphatic rings. The van der Waals surface area contributed by atoms with E-state index in [4.69, 9.17) is 0 Å². The number of hydrogen-bond donors (Lipinski definition) is 1. The van der Waals surface area contributed by atoms with Gasteiger partial charge in [0.05, 0.1) is 0 Å². The van der Waals surface area contributed by atoms with Gasteiger partial charge >= 0.3 is 0 Å². The van der Waals surface area contributed by atoms with Crippen LogP contribution in [0.3, 0.4) is 0 Å². The van der Waals surface area contributed by atoms with Crippen molar-refractivity contribution in [2.24, 2.45) is 11.0 Å². The maximum absolute atomic E-state index is 10.6. The minimum atomic E-state index is 0.0166. The predicted octanol–water partition coefficient (Wildman–Crippen LogP) is 0.891. The number of rotatable bonds is 0. The normalized spacial score (nSPS) is 27.1. The van der Waals surface area contributed by atoms with Crippen LogP contribution < -0.4 is 5.43 Å². The Bertz CT molecular complexity index is 166. The van der Waals surface area contributed by atoms with Crippen LogP contribution >= 0.6 is 22.6 Å². The third-order valence-corrected chi connectivity index (χ3v) is 2.49. The van der Waals surface area contributed by atoms with Crippen LogP contribution in [0.1, 0.15) is 13.3 Å². The fourth-order valence-corrected chi connectivity index (χ4v) is 0.975. The summed E-state index contributed by atoms with van der Waals surface area (Å²) in [6.07, 6.45) is 0.571. The monoisotopic (exact) mass is 238 g/mol. The van der Waals surface area contributed by atoms with E-state index in [1.54, 1.807) is 0 Å². The van der Waals surface area contributed by atoms with E-state index in [1.165, 1.54) is 0 Å². The molecule has 1 rings (SSSR count). The zero-order valence-corrected chi connectivity index (χ0v) is 7.18. The van der Waals surface area contributed by atoms with Crippen LogP contribution in [0.25, 0.3) is 0 Å². The second-order valence-electron chi connectivity index (χ2n) is 2.07. The Hall–Kier alpha value is -0.130. The largest absolute Gasteiger partial charge is 0.273 e. The molecule has 1 aliphatic heterocycles. The molecule has 0 saturated heterocycles. The highest BCUT2D eigenvalue weighted by Gasteiger charge is 2.16. The van der Waals surface area contributed by atoms with Crippen LogP contribution in [-0.4, -0.2) is 9.63 Å². The number of hydrazone groups is 1. The van der Waals surface area contributed by atoms with Crippen LogP contribution in [0.2, 0.25) is 0 Å². The molecule has 50 valence electrons. The topological polar surface area (TPSA) is 41.5 Å². The Morgan fingerprint density at radius 1 is 1.89 bits per heavy atom. The van der Waals surface area contributed by atoms with E-state index in [0.29, 0.717) is 12.3 Å². The van der Waals surface area contributed by atoms with Gasteiger partial charge < -0.3 is 0 Å². The zero-order valence-electron chi connectivity index (χ0n) is 5.02. The lowest BCUT2D eigenvalue weighted by atomic mass is 10.1. The van der Waals surface area contributed by atoms with Crippen LogP contribution in [0.15, 0.2) is 5.10 Å². The number of halogens is 1. The molecular weight excluding hydrogens is 231 g/mol. The van der Waals surface area contributed by atoms with Crippen molar-refractivity contribution >= 4 is 32.2 Å². The molecule has 1 N–H and O–H groups in total. The molecule has 0 aromatic rings. The Labute approximate surface area is 67.0 Å². The lowest BCUT2D eigenvalue weighted by Crippen LogP contribution is -2.28. The molecule has 0 fully saturated rings. The van der Waals surface area contributed by atoms with Gasteiger partial charge in [-0.05, 0) is 22.6 Å². The van der Waals surface area contributed by atoms with Gasteiger partial charge in [-0.25, -0.2) is 5.43 Å². The molecule has 0 bridgehead atoms. The van der Waals surface area contributed by atoms with Gasteiger partial charge in [-0.3, -0.25) is 4.79 Å². The molecule has 3 nitrogen and oxygen atoms in total. The van der Waals surface area contributed by atoms with E-state index in [1.807, 2.05) is 6.92 Å². The van der Waals surface area contributed by atoms with Gasteiger partial charge in [-0.2, -0.15) is 5.10 Å². The van der Waals surface area contributed by atoms with Crippen molar-refractivity contribution in [2.75, 3.05) is 0 Å². The Morgan fingerprint density at radius 2 is 2.56 bits per heavy atom. The Kier molecular flexibility index (Phi) is 2.05. The summed E-state index contributed by atoms with van der Waals surface area (Å²) >= 11 is 2.13. The summed E-state index contributed by atoms with van der Waals surface area (Å²) in [5, 5.41) is 3.80. The number of nitrogens with zero attached hydrogens (tertiary/aromatic N) is 1. The molecule has 0 radical (unpaired) electrons. The highest BCUT2D eigenvalue weighted by atomic mass is 127. The molecule has 1 amide bonds. The van der Waals surface area contributed by atoms with Gasteiger partial charge in [0.1, 0.15) is 3.72 Å². The van der Waals surface area contributed by atoms with Crippen molar-refractivity contribution in [3.8, 4) is 0 Å². The van der Waals surface area contributed by atoms with Gasteiger partial charge in [0, 0.05) is 12.3 Å². The zero-order chi connectivity index (χ0) is 6.85. The smallest absolute Gasteiger partial charge is 0.240 e. The van der Waals surface area contributed by atoms with Crippen LogP contribution in [0, 0.1) is 5.92 Å². The fraction of sp³-hybridized carbons (Fsp3) is 0.600. The van der Waals surface area contributed by atoms with Crippen LogP contribution in [-0.2, 0) is 4.79 Å². The average Bonchev–Trinajstić information content (AvgIpc) is 1.80. The molecular formula is C5H7IN2O. The summed E-state index contributed by atoms with van der Waals surface area (Å²) in [4.78, 5) is 10.6. The first-order chi connectivity index (χ1) is 4.20. The SMILES string of the molecule is CC1CC(=O)NN=C1I. The summed E-state index contributed by atoms with van der Waals surface area (Å²) < 4.78 is 0.979. The maximum Gasteiger partial charge on any atom is 0.240 e. The second kappa shape index (κ2) is 2.64. The number of nitrogens with one attached hydrogen (secondary N) is 1. The highest BCUT2D eigenvalue weighted by molar-refractivity contribution is 14.1. The molecule has 0 aromatic carbocycles. The molecule has 9 heavy (non-hydrogen) atoms. The highest BCUT2D eigenvalue weighted by Crippen LogP contribution is 2.13. The maximum atomic E-state index is 10.6. The molecule has 1 atom stereocenters. The first kappa shape index (κ1) is 6.98. The van der Waals surface area contributed by atoms with Crippen LogP contribution in [0.4, 0.5) is 0 Å². The number of hydrogen-bond acceptors (Lipinski definition) is 2. The first-order valence-electron chi connectivity index (χ1n) is 2.72. The Balaban J connectivity index is 2.67. The van der Waals surface area contributed by atoms with Crippen molar-refractivity contribution in [3.05, 3.63) is 0 Å². The van der Waals surface area contributed by atoms with Gasteiger partial charge in [0.2, 0.25) is 5.91 Å². The minimum absolute atomic E-state index is 0.0166. The average molecular weight is 238 g/mol. The van der Waals surface area contributed by atoms with E-state index in [2.05, 4.69) is 33.1 Å². The standard InChI is InChI=1S/C5H7IN2O/c1-3-2-4(9)7-8-5(3)6/h3H,2H2,1H3,(H,7,9). The molecule has 0 aromatic heterocycles. The molecule has 1 heterocycles. The van der Waals surface area contributed by atoms with Gasteiger partial charge in [0.15, 0.2) is 0 Å². The Morgan fingerprint density at radius 3 is 3.00 bits per heavy atom. The second-order valence-corrected chi connectivity index (χ2v) is 3.18. The first-order valence-corrected chi connectivity index (χ1v) is 3.80. The van der Waals surface area contributed by atoms with Gasteiger partial charge in [0.25, 0.3) is 0 Å². The summed E-state index contributed by atoms with van der Waals surface area (Å²) in [5.41, 5.74) is 2.40. The van der Waals surface area contributed by atoms with E-state index < -0.39 is 0 Å². The van der Waals surface area contributed by atoms with E-state index in [-0.39, 0.29) is 5.91 Å². The van der Waals surface area contributed by atoms with Gasteiger partial charge in [-0.1, -0.05) is 6.92 Å². The molecule has 0 saturated carbocycles. The van der Waals surface area contributed by atoms with Crippen molar-refractivity contribution in [3.63, 3.8) is 0 Å². The summed E-state index contributed by atoms with van der Waals surface area (Å²) in [6, 6.07) is 0. The summed E-state index contributed by atoms with van der Waals surface area (Å²) in [6.45, 7) is 1.99. The van der Waals surface area contributed by atoms with Crippen molar-refractivity contribution in [1.29, 1.82) is 0 Å². The molecule has 0 aliphatic carbocycles. The van der Waals surface area contributed by atoms with E-state index in [0.717, 1.165) is 3.72 Å². The third-order valence-electron chi connectivity index (χ3n) is 1.19. The third kappa shape index (κ3) is 1.64. The molecule has 1 unspecified atom stereocenters. The lowest BCUT2D eigenvalue weighted by Gasteiger charge is -2.13. The summed E-state index contributed by atoms with van der Waals surface area (Å²) in [7, 11) is 0. The number of amides is 1. The van der Waals surface area contributed by atoms with Crippen molar-refractivity contribution in [1.82, 2.24) is 5.43 Å². The molecule has 4 heteroatoms. The summed E-state index contributed by atoms with van der Waals surface area (Å²) in [5.74, 6) is 0.322. The lowest BCUT2D eigenvalue weighted by molar-refractivity contribution is -0.121. The van der Waals surface area contributed by atoms with E-state index in [9.17, 15) is 4.79 Å². The van der Waals surface area contributed by atoms with Gasteiger partial charge in [-0.15, -0.1) is 0 Å². The van der Waals surface area contributed by atoms with Crippen LogP contribution in [0.5, 0.6) is 0 Å². The quantitative estimate of drug-likeness (QED) is 0.625. The fourth-order valence-electron chi connectivity index (χ4n) is 0.634. The molecule has 0 spiro atoms. The predicted molar refractivity (Wildman–Crippen MR) is 43.4 cm³/mol. The minimum Gasteiger partial charge on any atom is -0.273 e.